The molecule has 218 valence electrons. The van der Waals surface area contributed by atoms with E-state index in [9.17, 15) is 18.0 Å². The Morgan fingerprint density at radius 1 is 0.905 bits per heavy atom. The van der Waals surface area contributed by atoms with Gasteiger partial charge in [0.25, 0.3) is 15.9 Å². The van der Waals surface area contributed by atoms with Gasteiger partial charge < -0.3 is 19.4 Å². The molecule has 0 radical (unpaired) electrons. The Morgan fingerprint density at radius 3 is 2.43 bits per heavy atom. The third-order valence-corrected chi connectivity index (χ3v) is 9.30. The highest BCUT2D eigenvalue weighted by molar-refractivity contribution is 7.92. The molecule has 2 heterocycles. The average Bonchev–Trinajstić information content (AvgIpc) is 3.49. The molecule has 2 N–H and O–H groups in total. The van der Waals surface area contributed by atoms with Crippen LogP contribution in [0.2, 0.25) is 5.02 Å². The molecule has 0 atom stereocenters. The van der Waals surface area contributed by atoms with Crippen LogP contribution in [0.15, 0.2) is 74.8 Å². The summed E-state index contributed by atoms with van der Waals surface area (Å²) in [6.45, 7) is 1.18. The minimum Gasteiger partial charge on any atom is -0.484 e. The zero-order valence-electron chi connectivity index (χ0n) is 22.8. The maximum atomic E-state index is 13.6. The van der Waals surface area contributed by atoms with Gasteiger partial charge in [-0.25, -0.2) is 13.2 Å². The molecule has 1 aliphatic heterocycles. The van der Waals surface area contributed by atoms with E-state index < -0.39 is 15.9 Å². The number of hydrogen-bond acceptors (Lipinski definition) is 7. The maximum absolute atomic E-state index is 13.6. The second-order valence-electron chi connectivity index (χ2n) is 10.5. The number of ether oxygens (including phenoxy) is 1. The quantitative estimate of drug-likeness (QED) is 0.245. The predicted octanol–water partition coefficient (Wildman–Crippen LogP) is 5.74. The lowest BCUT2D eigenvalue weighted by atomic mass is 10.1. The largest absolute Gasteiger partial charge is 0.484 e. The van der Waals surface area contributed by atoms with Crippen molar-refractivity contribution in [1.82, 2.24) is 0 Å². The molecule has 2 aliphatic rings. The number of piperidine rings is 1. The number of aryl methyl sites for hydroxylation is 1. The van der Waals surface area contributed by atoms with E-state index in [1.54, 1.807) is 48.5 Å². The summed E-state index contributed by atoms with van der Waals surface area (Å²) in [5.41, 5.74) is 3.14. The van der Waals surface area contributed by atoms with Crippen LogP contribution in [0.1, 0.15) is 36.8 Å². The maximum Gasteiger partial charge on any atom is 0.339 e. The number of hydrogen-bond donors (Lipinski definition) is 2. The minimum absolute atomic E-state index is 0.0650. The predicted molar refractivity (Wildman–Crippen MR) is 163 cm³/mol. The number of carbonyl (C=O) groups excluding carboxylic acids is 1. The summed E-state index contributed by atoms with van der Waals surface area (Å²) in [4.78, 5) is 27.3. The Labute approximate surface area is 248 Å². The lowest BCUT2D eigenvalue weighted by molar-refractivity contribution is -0.118. The van der Waals surface area contributed by atoms with E-state index in [1.165, 1.54) is 6.07 Å². The van der Waals surface area contributed by atoms with E-state index in [0.717, 1.165) is 68.1 Å². The Hall–Kier alpha value is -4.02. The summed E-state index contributed by atoms with van der Waals surface area (Å²) in [5, 5.41) is 4.12. The van der Waals surface area contributed by atoms with E-state index >= 15 is 0 Å². The van der Waals surface area contributed by atoms with Crippen molar-refractivity contribution >= 4 is 55.6 Å². The molecule has 1 aliphatic carbocycles. The van der Waals surface area contributed by atoms with Crippen molar-refractivity contribution in [2.24, 2.45) is 0 Å². The van der Waals surface area contributed by atoms with Crippen molar-refractivity contribution in [3.05, 3.63) is 87.2 Å². The summed E-state index contributed by atoms with van der Waals surface area (Å²) < 4.78 is 40.9. The van der Waals surface area contributed by atoms with E-state index in [1.807, 2.05) is 6.07 Å². The second kappa shape index (κ2) is 11.7. The van der Waals surface area contributed by atoms with Gasteiger partial charge in [0.2, 0.25) is 0 Å². The second-order valence-corrected chi connectivity index (χ2v) is 12.6. The summed E-state index contributed by atoms with van der Waals surface area (Å²) in [6, 6.07) is 16.5. The van der Waals surface area contributed by atoms with Gasteiger partial charge in [-0.05, 0) is 98.7 Å². The third-order valence-electron chi connectivity index (χ3n) is 7.64. The van der Waals surface area contributed by atoms with Gasteiger partial charge in [0.15, 0.2) is 6.61 Å². The summed E-state index contributed by atoms with van der Waals surface area (Å²) in [6.07, 6.45) is 5.54. The Bertz CT molecular complexity index is 1820. The van der Waals surface area contributed by atoms with E-state index in [2.05, 4.69) is 14.9 Å². The number of benzene rings is 3. The van der Waals surface area contributed by atoms with Crippen molar-refractivity contribution in [3.8, 4) is 5.75 Å². The molecule has 1 aromatic heterocycles. The number of halogens is 1. The van der Waals surface area contributed by atoms with Crippen LogP contribution < -0.4 is 25.3 Å². The van der Waals surface area contributed by atoms with E-state index in [0.29, 0.717) is 33.4 Å². The van der Waals surface area contributed by atoms with Crippen LogP contribution in [0, 0.1) is 0 Å². The van der Waals surface area contributed by atoms with Gasteiger partial charge in [-0.1, -0.05) is 11.6 Å². The van der Waals surface area contributed by atoms with Crippen LogP contribution in [0.3, 0.4) is 0 Å². The van der Waals surface area contributed by atoms with Crippen LogP contribution in [0.4, 0.5) is 17.1 Å². The molecular formula is C31H30ClN3O6S. The number of carbonyl (C=O) groups is 1. The highest BCUT2D eigenvalue weighted by atomic mass is 35.5. The molecule has 0 saturated carbocycles. The molecule has 42 heavy (non-hydrogen) atoms. The SMILES string of the molecule is O=C(COc1ccc2c3c(c(=O)oc2c1)CCC3)Nc1ccc(N2CCCCC2)c(S(=O)(=O)Nc2ccc(Cl)cc2)c1. The van der Waals surface area contributed by atoms with Gasteiger partial charge in [0.05, 0.1) is 5.69 Å². The first-order valence-electron chi connectivity index (χ1n) is 14.0. The summed E-state index contributed by atoms with van der Waals surface area (Å²) in [5.74, 6) is -0.0835. The van der Waals surface area contributed by atoms with Gasteiger partial charge in [-0.3, -0.25) is 9.52 Å². The number of nitrogens with one attached hydrogen (secondary N) is 2. The first-order chi connectivity index (χ1) is 20.3. The monoisotopic (exact) mass is 607 g/mol. The Balaban J connectivity index is 1.20. The number of amides is 1. The molecule has 0 bridgehead atoms. The fraction of sp³-hybridized carbons (Fsp3) is 0.290. The number of nitrogens with zero attached hydrogens (tertiary/aromatic N) is 1. The fourth-order valence-electron chi connectivity index (χ4n) is 5.63. The zero-order valence-corrected chi connectivity index (χ0v) is 24.4. The fourth-order valence-corrected chi connectivity index (χ4v) is 7.07. The van der Waals surface area contributed by atoms with Gasteiger partial charge in [0, 0.05) is 46.5 Å². The van der Waals surface area contributed by atoms with Crippen LogP contribution in [-0.4, -0.2) is 34.0 Å². The van der Waals surface area contributed by atoms with Crippen LogP contribution in [0.5, 0.6) is 5.75 Å². The smallest absolute Gasteiger partial charge is 0.339 e. The first-order valence-corrected chi connectivity index (χ1v) is 15.8. The molecule has 6 rings (SSSR count). The van der Waals surface area contributed by atoms with E-state index in [-0.39, 0.29) is 17.1 Å². The van der Waals surface area contributed by atoms with Crippen LogP contribution >= 0.6 is 11.6 Å². The van der Waals surface area contributed by atoms with Crippen molar-refractivity contribution in [3.63, 3.8) is 0 Å². The van der Waals surface area contributed by atoms with Crippen molar-refractivity contribution < 1.29 is 22.4 Å². The summed E-state index contributed by atoms with van der Waals surface area (Å²) >= 11 is 5.96. The lowest BCUT2D eigenvalue weighted by Crippen LogP contribution is -2.31. The molecule has 4 aromatic rings. The van der Waals surface area contributed by atoms with Gasteiger partial charge in [0.1, 0.15) is 16.2 Å². The number of sulfonamides is 1. The highest BCUT2D eigenvalue weighted by Crippen LogP contribution is 2.33. The molecule has 3 aromatic carbocycles. The average molecular weight is 608 g/mol. The molecule has 9 nitrogen and oxygen atoms in total. The Kier molecular flexibility index (Phi) is 7.83. The van der Waals surface area contributed by atoms with E-state index in [4.69, 9.17) is 20.8 Å². The van der Waals surface area contributed by atoms with Crippen LogP contribution in [0.25, 0.3) is 11.0 Å². The minimum atomic E-state index is -4.00. The molecule has 11 heteroatoms. The third kappa shape index (κ3) is 5.96. The molecule has 1 amide bonds. The zero-order chi connectivity index (χ0) is 29.3. The van der Waals surface area contributed by atoms with Crippen molar-refractivity contribution in [2.75, 3.05) is 34.6 Å². The van der Waals surface area contributed by atoms with Gasteiger partial charge in [-0.2, -0.15) is 0 Å². The molecule has 0 unspecified atom stereocenters. The molecule has 0 spiro atoms. The number of rotatable bonds is 8. The van der Waals surface area contributed by atoms with Crippen molar-refractivity contribution in [1.29, 1.82) is 0 Å². The lowest BCUT2D eigenvalue weighted by Gasteiger charge is -2.30. The van der Waals surface area contributed by atoms with Crippen LogP contribution in [-0.2, 0) is 27.7 Å². The standard InChI is InChI=1S/C31H30ClN3O6S/c32-20-7-9-21(10-8-20)34-42(38,39)29-17-22(11-14-27(29)35-15-2-1-3-16-35)33-30(36)19-40-23-12-13-25-24-5-4-6-26(24)31(37)41-28(25)18-23/h7-14,17-18,34H,1-6,15-16,19H2,(H,33,36). The topological polar surface area (TPSA) is 118 Å². The summed E-state index contributed by atoms with van der Waals surface area (Å²) in [7, 11) is -4.00. The van der Waals surface area contributed by atoms with Crippen molar-refractivity contribution in [2.45, 2.75) is 43.4 Å². The molecule has 1 fully saturated rings. The number of fused-ring (bicyclic) bond motifs is 3. The Morgan fingerprint density at radius 2 is 1.64 bits per heavy atom. The van der Waals surface area contributed by atoms with Gasteiger partial charge >= 0.3 is 5.63 Å². The highest BCUT2D eigenvalue weighted by Gasteiger charge is 2.25. The molecule has 1 saturated heterocycles. The normalized spacial score (nSPS) is 14.9. The van der Waals surface area contributed by atoms with Gasteiger partial charge in [-0.15, -0.1) is 0 Å². The molecular weight excluding hydrogens is 578 g/mol. The number of anilines is 3. The first kappa shape index (κ1) is 28.1.